The van der Waals surface area contributed by atoms with Crippen molar-refractivity contribution in [3.8, 4) is 17.2 Å². The fraction of sp³-hybridized carbons (Fsp3) is 0.214. The molecule has 2 rings (SSSR count). The van der Waals surface area contributed by atoms with Crippen molar-refractivity contribution in [3.63, 3.8) is 0 Å². The maximum atomic E-state index is 12.5. The predicted octanol–water partition coefficient (Wildman–Crippen LogP) is 2.96. The maximum absolute atomic E-state index is 12.5. The molecule has 0 aliphatic heterocycles. The fourth-order valence-electron chi connectivity index (χ4n) is 1.85. The molecule has 1 aromatic carbocycles. The zero-order chi connectivity index (χ0) is 14.7. The van der Waals surface area contributed by atoms with Gasteiger partial charge in [0.25, 0.3) is 5.91 Å². The minimum Gasteiger partial charge on any atom is -0.496 e. The third-order valence-electron chi connectivity index (χ3n) is 2.85. The van der Waals surface area contributed by atoms with Crippen LogP contribution in [0.3, 0.4) is 0 Å². The largest absolute Gasteiger partial charge is 0.496 e. The molecule has 0 bridgehead atoms. The van der Waals surface area contributed by atoms with E-state index < -0.39 is 0 Å². The van der Waals surface area contributed by atoms with Gasteiger partial charge in [-0.1, -0.05) is 0 Å². The Labute approximate surface area is 125 Å². The molecule has 106 valence electrons. The van der Waals surface area contributed by atoms with Crippen LogP contribution in [0.5, 0.6) is 17.2 Å². The van der Waals surface area contributed by atoms with Crippen LogP contribution in [0.1, 0.15) is 10.4 Å². The number of halogens is 1. The molecular weight excluding hydrogens is 326 g/mol. The minimum atomic E-state index is -0.223. The molecule has 0 amide bonds. The summed E-state index contributed by atoms with van der Waals surface area (Å²) in [6.45, 7) is 0. The van der Waals surface area contributed by atoms with E-state index in [0.29, 0.717) is 27.4 Å². The van der Waals surface area contributed by atoms with Crippen LogP contribution in [-0.2, 0) is 0 Å². The average molecular weight is 340 g/mol. The molecule has 5 nitrogen and oxygen atoms in total. The van der Waals surface area contributed by atoms with E-state index in [1.807, 2.05) is 0 Å². The van der Waals surface area contributed by atoms with E-state index in [1.165, 1.54) is 25.9 Å². The molecule has 0 saturated carbocycles. The van der Waals surface area contributed by atoms with Crippen molar-refractivity contribution >= 4 is 21.8 Å². The molecule has 0 saturated heterocycles. The molecule has 0 aliphatic rings. The summed E-state index contributed by atoms with van der Waals surface area (Å²) < 4.78 is 17.8. The van der Waals surface area contributed by atoms with Crippen LogP contribution in [0.25, 0.3) is 0 Å². The summed E-state index contributed by atoms with van der Waals surface area (Å²) >= 11 is 3.32. The number of hydrogen-bond donors (Lipinski definition) is 0. The third-order valence-corrected chi connectivity index (χ3v) is 3.50. The van der Waals surface area contributed by atoms with Gasteiger partial charge in [0.15, 0.2) is 11.5 Å². The second kappa shape index (κ2) is 6.00. The van der Waals surface area contributed by atoms with Crippen molar-refractivity contribution in [1.29, 1.82) is 0 Å². The Morgan fingerprint density at radius 1 is 1.05 bits per heavy atom. The molecule has 0 spiro atoms. The first kappa shape index (κ1) is 14.5. The van der Waals surface area contributed by atoms with Gasteiger partial charge >= 0.3 is 0 Å². The van der Waals surface area contributed by atoms with Gasteiger partial charge < -0.3 is 14.2 Å². The molecule has 0 N–H and O–H groups in total. The number of carbonyl (C=O) groups is 1. The number of nitrogens with zero attached hydrogens (tertiary/aromatic N) is 1. The zero-order valence-electron chi connectivity index (χ0n) is 11.3. The lowest BCUT2D eigenvalue weighted by molar-refractivity contribution is 0.0954. The van der Waals surface area contributed by atoms with Crippen LogP contribution < -0.4 is 14.2 Å². The summed E-state index contributed by atoms with van der Waals surface area (Å²) in [5, 5.41) is 0. The molecule has 1 heterocycles. The molecule has 0 aliphatic carbocycles. The first-order valence-corrected chi connectivity index (χ1v) is 6.59. The number of benzene rings is 1. The minimum absolute atomic E-state index is 0.223. The molecule has 0 radical (unpaired) electrons. The van der Waals surface area contributed by atoms with E-state index in [2.05, 4.69) is 15.9 Å². The summed E-state index contributed by atoms with van der Waals surface area (Å²) in [5.74, 6) is 1.18. The van der Waals surface area contributed by atoms with E-state index in [9.17, 15) is 4.79 Å². The number of rotatable bonds is 4. The molecule has 0 fully saturated rings. The van der Waals surface area contributed by atoms with E-state index in [1.54, 1.807) is 30.5 Å². The highest BCUT2D eigenvalue weighted by Gasteiger charge is 2.19. The predicted molar refractivity (Wildman–Crippen MR) is 78.0 cm³/mol. The Balaban J connectivity index is 2.55. The number of methoxy groups -OCH3 is 3. The van der Waals surface area contributed by atoms with Crippen LogP contribution in [0.2, 0.25) is 0 Å². The maximum Gasteiger partial charge on any atom is 0.266 e. The van der Waals surface area contributed by atoms with Crippen molar-refractivity contribution in [3.05, 3.63) is 40.6 Å². The van der Waals surface area contributed by atoms with Gasteiger partial charge in [-0.2, -0.15) is 0 Å². The van der Waals surface area contributed by atoms with Crippen molar-refractivity contribution in [1.82, 2.24) is 4.57 Å². The quantitative estimate of drug-likeness (QED) is 0.859. The second-order valence-corrected chi connectivity index (χ2v) is 4.73. The van der Waals surface area contributed by atoms with Gasteiger partial charge in [-0.3, -0.25) is 9.36 Å². The Bertz CT molecular complexity index is 636. The monoisotopic (exact) mass is 339 g/mol. The zero-order valence-corrected chi connectivity index (χ0v) is 12.9. The van der Waals surface area contributed by atoms with Crippen LogP contribution in [0, 0.1) is 0 Å². The number of hydrogen-bond acceptors (Lipinski definition) is 4. The lowest BCUT2D eigenvalue weighted by Crippen LogP contribution is -2.13. The molecule has 0 unspecified atom stereocenters. The van der Waals surface area contributed by atoms with Crippen LogP contribution in [0.4, 0.5) is 0 Å². The van der Waals surface area contributed by atoms with Crippen LogP contribution in [-0.4, -0.2) is 31.8 Å². The normalized spacial score (nSPS) is 10.2. The highest BCUT2D eigenvalue weighted by molar-refractivity contribution is 9.10. The SMILES string of the molecule is COc1cc(OC)c(C(=O)n2cccc2Br)cc1OC. The first-order chi connectivity index (χ1) is 9.62. The molecule has 0 atom stereocenters. The summed E-state index contributed by atoms with van der Waals surface area (Å²) in [4.78, 5) is 12.5. The Hall–Kier alpha value is -1.95. The standard InChI is InChI=1S/C14H14BrNO4/c1-18-10-8-12(20-3)11(19-2)7-9(10)14(17)16-6-4-5-13(16)15/h4-8H,1-3H3. The van der Waals surface area contributed by atoms with Crippen LogP contribution in [0.15, 0.2) is 35.1 Å². The Morgan fingerprint density at radius 3 is 2.15 bits per heavy atom. The lowest BCUT2D eigenvalue weighted by atomic mass is 10.1. The van der Waals surface area contributed by atoms with Gasteiger partial charge in [-0.05, 0) is 28.1 Å². The van der Waals surface area contributed by atoms with Gasteiger partial charge in [0, 0.05) is 18.3 Å². The molecule has 2 aromatic rings. The number of aromatic nitrogens is 1. The molecule has 1 aromatic heterocycles. The summed E-state index contributed by atoms with van der Waals surface area (Å²) in [6, 6.07) is 6.79. The Morgan fingerprint density at radius 2 is 1.65 bits per heavy atom. The van der Waals surface area contributed by atoms with Gasteiger partial charge in [-0.25, -0.2) is 0 Å². The van der Waals surface area contributed by atoms with Crippen molar-refractivity contribution in [2.45, 2.75) is 0 Å². The summed E-state index contributed by atoms with van der Waals surface area (Å²) in [5.41, 5.74) is 0.391. The van der Waals surface area contributed by atoms with Gasteiger partial charge in [-0.15, -0.1) is 0 Å². The van der Waals surface area contributed by atoms with Gasteiger partial charge in [0.2, 0.25) is 0 Å². The van der Waals surface area contributed by atoms with Crippen LogP contribution >= 0.6 is 15.9 Å². The van der Waals surface area contributed by atoms with Crippen molar-refractivity contribution < 1.29 is 19.0 Å². The fourth-order valence-corrected chi connectivity index (χ4v) is 2.28. The summed E-state index contributed by atoms with van der Waals surface area (Å²) in [6.07, 6.45) is 1.67. The first-order valence-electron chi connectivity index (χ1n) is 5.80. The highest BCUT2D eigenvalue weighted by Crippen LogP contribution is 2.35. The van der Waals surface area contributed by atoms with Gasteiger partial charge in [0.05, 0.1) is 31.5 Å². The topological polar surface area (TPSA) is 49.7 Å². The molecule has 6 heteroatoms. The van der Waals surface area contributed by atoms with E-state index in [0.717, 1.165) is 0 Å². The number of ether oxygens (including phenoxy) is 3. The molecule has 20 heavy (non-hydrogen) atoms. The third kappa shape index (κ3) is 2.51. The second-order valence-electron chi connectivity index (χ2n) is 3.91. The number of carbonyl (C=O) groups excluding carboxylic acids is 1. The molecular formula is C14H14BrNO4. The average Bonchev–Trinajstić information content (AvgIpc) is 2.91. The van der Waals surface area contributed by atoms with E-state index in [-0.39, 0.29) is 5.91 Å². The van der Waals surface area contributed by atoms with Gasteiger partial charge in [0.1, 0.15) is 5.75 Å². The Kier molecular flexibility index (Phi) is 4.34. The summed E-state index contributed by atoms with van der Waals surface area (Å²) in [7, 11) is 4.55. The van der Waals surface area contributed by atoms with Crippen molar-refractivity contribution in [2.75, 3.05) is 21.3 Å². The lowest BCUT2D eigenvalue weighted by Gasteiger charge is -2.14. The van der Waals surface area contributed by atoms with E-state index >= 15 is 0 Å². The smallest absolute Gasteiger partial charge is 0.266 e. The van der Waals surface area contributed by atoms with E-state index in [4.69, 9.17) is 14.2 Å². The van der Waals surface area contributed by atoms with Crippen molar-refractivity contribution in [2.24, 2.45) is 0 Å². The highest BCUT2D eigenvalue weighted by atomic mass is 79.9.